The second-order valence-corrected chi connectivity index (χ2v) is 4.09. The van der Waals surface area contributed by atoms with Gasteiger partial charge in [0.2, 0.25) is 0 Å². The number of carboxylic acid groups (broad SMARTS) is 1. The lowest BCUT2D eigenvalue weighted by molar-refractivity contribution is -0.128. The summed E-state index contributed by atoms with van der Waals surface area (Å²) in [5, 5.41) is 11.8. The van der Waals surface area contributed by atoms with E-state index in [2.05, 4.69) is 16.4 Å². The van der Waals surface area contributed by atoms with E-state index in [0.29, 0.717) is 0 Å². The molecule has 1 aromatic carbocycles. The summed E-state index contributed by atoms with van der Waals surface area (Å²) < 4.78 is 0. The van der Waals surface area contributed by atoms with Crippen molar-refractivity contribution in [1.29, 1.82) is 0 Å². The maximum Gasteiger partial charge on any atom is 0.346 e. The molecule has 1 rings (SSSR count). The van der Waals surface area contributed by atoms with Gasteiger partial charge in [0.05, 0.1) is 6.04 Å². The van der Waals surface area contributed by atoms with Crippen LogP contribution >= 0.6 is 0 Å². The Bertz CT molecular complexity index is 416. The Kier molecular flexibility index (Phi) is 6.08. The minimum absolute atomic E-state index is 0.0749. The minimum Gasteiger partial charge on any atom is -0.477 e. The van der Waals surface area contributed by atoms with Crippen LogP contribution in [-0.4, -0.2) is 30.9 Å². The fourth-order valence-electron chi connectivity index (χ4n) is 1.91. The number of carbonyl (C=O) groups is 1. The molecule has 1 atom stereocenters. The number of rotatable bonds is 7. The Morgan fingerprint density at radius 1 is 1.50 bits per heavy atom. The molecule has 0 amide bonds. The van der Waals surface area contributed by atoms with E-state index in [1.54, 1.807) is 0 Å². The number of aliphatic carboxylic acids is 1. The Balaban J connectivity index is 2.93. The summed E-state index contributed by atoms with van der Waals surface area (Å²) in [6.07, 6.45) is 2.70. The normalized spacial score (nSPS) is 12.8. The van der Waals surface area contributed by atoms with Crippen molar-refractivity contribution in [1.82, 2.24) is 5.32 Å². The fourth-order valence-corrected chi connectivity index (χ4v) is 1.91. The van der Waals surface area contributed by atoms with E-state index in [1.165, 1.54) is 5.56 Å². The zero-order chi connectivity index (χ0) is 13.4. The van der Waals surface area contributed by atoms with Crippen molar-refractivity contribution in [2.24, 2.45) is 4.99 Å². The van der Waals surface area contributed by atoms with Crippen LogP contribution in [0.15, 0.2) is 29.3 Å². The van der Waals surface area contributed by atoms with Crippen LogP contribution in [0.1, 0.15) is 30.5 Å². The molecule has 0 aliphatic rings. The van der Waals surface area contributed by atoms with E-state index < -0.39 is 5.97 Å². The summed E-state index contributed by atoms with van der Waals surface area (Å²) in [6, 6.07) is 8.00. The van der Waals surface area contributed by atoms with Crippen LogP contribution in [0.25, 0.3) is 0 Å². The first-order valence-electron chi connectivity index (χ1n) is 6.17. The van der Waals surface area contributed by atoms with Crippen molar-refractivity contribution in [3.8, 4) is 0 Å². The van der Waals surface area contributed by atoms with Crippen molar-refractivity contribution in [3.63, 3.8) is 0 Å². The van der Waals surface area contributed by atoms with E-state index in [4.69, 9.17) is 5.11 Å². The van der Waals surface area contributed by atoms with Gasteiger partial charge < -0.3 is 10.4 Å². The predicted octanol–water partition coefficient (Wildman–Crippen LogP) is 2.05. The molecular weight excluding hydrogens is 228 g/mol. The summed E-state index contributed by atoms with van der Waals surface area (Å²) >= 11 is 0. The number of carboxylic acids is 1. The highest BCUT2D eigenvalue weighted by atomic mass is 16.4. The van der Waals surface area contributed by atoms with Crippen LogP contribution in [-0.2, 0) is 11.2 Å². The molecule has 98 valence electrons. The number of likely N-dealkylation sites (N-methyl/N-ethyl adjacent to an activating group) is 1. The lowest BCUT2D eigenvalue weighted by atomic mass is 9.97. The molecule has 1 unspecified atom stereocenters. The minimum atomic E-state index is -0.999. The average molecular weight is 248 g/mol. The maximum atomic E-state index is 10.5. The van der Waals surface area contributed by atoms with Crippen LogP contribution in [0.2, 0.25) is 0 Å². The topological polar surface area (TPSA) is 61.7 Å². The average Bonchev–Trinajstić information content (AvgIpc) is 2.38. The number of nitrogens with zero attached hydrogens (tertiary/aromatic N) is 1. The zero-order valence-corrected chi connectivity index (χ0v) is 10.9. The van der Waals surface area contributed by atoms with Gasteiger partial charge in [-0.05, 0) is 37.6 Å². The summed E-state index contributed by atoms with van der Waals surface area (Å²) in [7, 11) is 1.92. The third-order valence-corrected chi connectivity index (χ3v) is 2.81. The van der Waals surface area contributed by atoms with Crippen LogP contribution in [0.5, 0.6) is 0 Å². The molecule has 0 aliphatic heterocycles. The van der Waals surface area contributed by atoms with Gasteiger partial charge in [0.1, 0.15) is 6.21 Å². The van der Waals surface area contributed by atoms with E-state index >= 15 is 0 Å². The standard InChI is InChI=1S/C14H20N2O2/c1-3-13(16-10-14(17)18)12-7-5-4-6-11(12)8-9-15-2/h4-7,10,13,15H,3,8-9H2,1-2H3,(H,17,18). The van der Waals surface area contributed by atoms with Gasteiger partial charge in [-0.1, -0.05) is 31.2 Å². The quantitative estimate of drug-likeness (QED) is 0.726. The lowest BCUT2D eigenvalue weighted by Crippen LogP contribution is -2.12. The van der Waals surface area contributed by atoms with Gasteiger partial charge in [-0.2, -0.15) is 0 Å². The second-order valence-electron chi connectivity index (χ2n) is 4.09. The molecule has 4 heteroatoms. The fraction of sp³-hybridized carbons (Fsp3) is 0.429. The molecule has 18 heavy (non-hydrogen) atoms. The zero-order valence-electron chi connectivity index (χ0n) is 10.9. The Labute approximate surface area is 108 Å². The van der Waals surface area contributed by atoms with E-state index in [1.807, 2.05) is 32.2 Å². The predicted molar refractivity (Wildman–Crippen MR) is 73.2 cm³/mol. The Morgan fingerprint density at radius 3 is 2.83 bits per heavy atom. The third-order valence-electron chi connectivity index (χ3n) is 2.81. The third kappa shape index (κ3) is 4.30. The molecule has 4 nitrogen and oxygen atoms in total. The van der Waals surface area contributed by atoms with Gasteiger partial charge in [-0.3, -0.25) is 4.99 Å². The van der Waals surface area contributed by atoms with Crippen LogP contribution in [0.4, 0.5) is 0 Å². The molecule has 0 bridgehead atoms. The summed E-state index contributed by atoms with van der Waals surface area (Å²) in [5.74, 6) is -0.999. The summed E-state index contributed by atoms with van der Waals surface area (Å²) in [5.41, 5.74) is 2.34. The molecule has 0 fully saturated rings. The number of benzene rings is 1. The monoisotopic (exact) mass is 248 g/mol. The molecular formula is C14H20N2O2. The molecule has 0 aromatic heterocycles. The smallest absolute Gasteiger partial charge is 0.346 e. The summed E-state index contributed by atoms with van der Waals surface area (Å²) in [4.78, 5) is 14.7. The van der Waals surface area contributed by atoms with Crippen molar-refractivity contribution in [2.45, 2.75) is 25.8 Å². The van der Waals surface area contributed by atoms with Gasteiger partial charge in [0.15, 0.2) is 0 Å². The first-order chi connectivity index (χ1) is 8.69. The van der Waals surface area contributed by atoms with Gasteiger partial charge in [-0.25, -0.2) is 4.79 Å². The lowest BCUT2D eigenvalue weighted by Gasteiger charge is -2.15. The molecule has 0 spiro atoms. The highest BCUT2D eigenvalue weighted by molar-refractivity contribution is 6.22. The van der Waals surface area contributed by atoms with Crippen molar-refractivity contribution in [3.05, 3.63) is 35.4 Å². The van der Waals surface area contributed by atoms with Gasteiger partial charge in [-0.15, -0.1) is 0 Å². The molecule has 2 N–H and O–H groups in total. The van der Waals surface area contributed by atoms with Gasteiger partial charge in [0.25, 0.3) is 0 Å². The number of hydrogen-bond donors (Lipinski definition) is 2. The largest absolute Gasteiger partial charge is 0.477 e. The maximum absolute atomic E-state index is 10.5. The highest BCUT2D eigenvalue weighted by Crippen LogP contribution is 2.24. The second kappa shape index (κ2) is 7.61. The van der Waals surface area contributed by atoms with E-state index in [0.717, 1.165) is 31.2 Å². The Morgan fingerprint density at radius 2 is 2.22 bits per heavy atom. The molecule has 0 heterocycles. The molecule has 0 radical (unpaired) electrons. The van der Waals surface area contributed by atoms with Crippen molar-refractivity contribution in [2.75, 3.05) is 13.6 Å². The molecule has 0 saturated carbocycles. The first kappa shape index (κ1) is 14.4. The highest BCUT2D eigenvalue weighted by Gasteiger charge is 2.11. The molecule has 0 aliphatic carbocycles. The first-order valence-corrected chi connectivity index (χ1v) is 6.17. The van der Waals surface area contributed by atoms with Gasteiger partial charge in [0, 0.05) is 0 Å². The summed E-state index contributed by atoms with van der Waals surface area (Å²) in [6.45, 7) is 2.91. The van der Waals surface area contributed by atoms with E-state index in [-0.39, 0.29) is 6.04 Å². The Hall–Kier alpha value is -1.68. The van der Waals surface area contributed by atoms with Crippen LogP contribution in [0.3, 0.4) is 0 Å². The number of aliphatic imine (C=N–C) groups is 1. The van der Waals surface area contributed by atoms with Crippen LogP contribution in [0, 0.1) is 0 Å². The van der Waals surface area contributed by atoms with E-state index in [9.17, 15) is 4.79 Å². The molecule has 0 saturated heterocycles. The van der Waals surface area contributed by atoms with Crippen LogP contribution < -0.4 is 5.32 Å². The molecule has 1 aromatic rings. The van der Waals surface area contributed by atoms with Crippen molar-refractivity contribution >= 4 is 12.2 Å². The van der Waals surface area contributed by atoms with Crippen molar-refractivity contribution < 1.29 is 9.90 Å². The van der Waals surface area contributed by atoms with Gasteiger partial charge >= 0.3 is 5.97 Å². The SMILES string of the molecule is CCC(N=CC(=O)O)c1ccccc1CCNC. The number of nitrogens with one attached hydrogen (secondary N) is 1. The number of hydrogen-bond acceptors (Lipinski definition) is 3.